The highest BCUT2D eigenvalue weighted by atomic mass is 16.5. The SMILES string of the molecule is CC(OC(=O)C(C)(CC(C)(C)C)C(C)(C)C)c1ccccc1. The third kappa shape index (κ3) is 4.59. The van der Waals surface area contributed by atoms with Crippen molar-refractivity contribution in [3.63, 3.8) is 0 Å². The number of hydrogen-bond donors (Lipinski definition) is 0. The number of rotatable bonds is 4. The van der Waals surface area contributed by atoms with Gasteiger partial charge in [0.05, 0.1) is 5.41 Å². The molecule has 22 heavy (non-hydrogen) atoms. The third-order valence-electron chi connectivity index (χ3n) is 4.54. The Kier molecular flexibility index (Phi) is 5.48. The van der Waals surface area contributed by atoms with E-state index in [1.54, 1.807) is 0 Å². The second-order valence-electron chi connectivity index (χ2n) is 8.78. The first-order valence-electron chi connectivity index (χ1n) is 8.13. The van der Waals surface area contributed by atoms with Crippen LogP contribution in [0.25, 0.3) is 0 Å². The van der Waals surface area contributed by atoms with E-state index in [9.17, 15) is 4.79 Å². The smallest absolute Gasteiger partial charge is 0.312 e. The van der Waals surface area contributed by atoms with Gasteiger partial charge in [0, 0.05) is 0 Å². The van der Waals surface area contributed by atoms with Crippen LogP contribution in [0.15, 0.2) is 30.3 Å². The molecule has 0 heterocycles. The van der Waals surface area contributed by atoms with Crippen molar-refractivity contribution in [1.82, 2.24) is 0 Å². The maximum atomic E-state index is 13.0. The van der Waals surface area contributed by atoms with Crippen molar-refractivity contribution in [3.05, 3.63) is 35.9 Å². The summed E-state index contributed by atoms with van der Waals surface area (Å²) in [5.41, 5.74) is 0.418. The van der Waals surface area contributed by atoms with Crippen molar-refractivity contribution in [3.8, 4) is 0 Å². The van der Waals surface area contributed by atoms with Crippen molar-refractivity contribution in [2.24, 2.45) is 16.2 Å². The van der Waals surface area contributed by atoms with Gasteiger partial charge in [-0.1, -0.05) is 71.9 Å². The molecule has 0 aliphatic rings. The van der Waals surface area contributed by atoms with E-state index in [-0.39, 0.29) is 22.9 Å². The topological polar surface area (TPSA) is 26.3 Å². The van der Waals surface area contributed by atoms with Crippen molar-refractivity contribution in [2.45, 2.75) is 67.9 Å². The minimum absolute atomic E-state index is 0.0665. The van der Waals surface area contributed by atoms with Gasteiger partial charge in [-0.2, -0.15) is 0 Å². The van der Waals surface area contributed by atoms with Crippen molar-refractivity contribution in [1.29, 1.82) is 0 Å². The summed E-state index contributed by atoms with van der Waals surface area (Å²) < 4.78 is 5.84. The molecule has 1 rings (SSSR count). The molecule has 0 fully saturated rings. The van der Waals surface area contributed by atoms with Crippen molar-refractivity contribution < 1.29 is 9.53 Å². The lowest BCUT2D eigenvalue weighted by molar-refractivity contribution is -0.170. The summed E-state index contributed by atoms with van der Waals surface area (Å²) in [6, 6.07) is 9.90. The normalized spacial score (nSPS) is 16.7. The fraction of sp³-hybridized carbons (Fsp3) is 0.650. The molecule has 0 bridgehead atoms. The molecule has 0 aliphatic carbocycles. The van der Waals surface area contributed by atoms with Gasteiger partial charge >= 0.3 is 5.97 Å². The van der Waals surface area contributed by atoms with Crippen LogP contribution in [0.2, 0.25) is 0 Å². The molecule has 0 N–H and O–H groups in total. The van der Waals surface area contributed by atoms with Gasteiger partial charge < -0.3 is 4.74 Å². The molecule has 0 radical (unpaired) electrons. The van der Waals surface area contributed by atoms with E-state index in [1.165, 1.54) is 0 Å². The molecule has 124 valence electrons. The number of ether oxygens (including phenoxy) is 1. The Morgan fingerprint density at radius 1 is 1.00 bits per heavy atom. The van der Waals surface area contributed by atoms with Gasteiger partial charge in [0.25, 0.3) is 0 Å². The second-order valence-corrected chi connectivity index (χ2v) is 8.78. The molecule has 1 aromatic carbocycles. The first kappa shape index (κ1) is 18.7. The fourth-order valence-electron chi connectivity index (χ4n) is 2.79. The van der Waals surface area contributed by atoms with Gasteiger partial charge in [-0.15, -0.1) is 0 Å². The zero-order chi connectivity index (χ0) is 17.2. The zero-order valence-electron chi connectivity index (χ0n) is 15.5. The number of hydrogen-bond acceptors (Lipinski definition) is 2. The quantitative estimate of drug-likeness (QED) is 0.659. The van der Waals surface area contributed by atoms with Crippen LogP contribution in [-0.4, -0.2) is 5.97 Å². The predicted molar refractivity (Wildman–Crippen MR) is 92.6 cm³/mol. The summed E-state index contributed by atoms with van der Waals surface area (Å²) in [5, 5.41) is 0. The van der Waals surface area contributed by atoms with Crippen LogP contribution in [0.1, 0.15) is 73.5 Å². The van der Waals surface area contributed by atoms with E-state index in [0.717, 1.165) is 12.0 Å². The van der Waals surface area contributed by atoms with E-state index < -0.39 is 5.41 Å². The van der Waals surface area contributed by atoms with Gasteiger partial charge in [-0.05, 0) is 36.7 Å². The second kappa shape index (κ2) is 6.44. The molecule has 0 aromatic heterocycles. The molecule has 0 saturated heterocycles. The Hall–Kier alpha value is -1.31. The fourth-order valence-corrected chi connectivity index (χ4v) is 2.79. The Balaban J connectivity index is 2.99. The predicted octanol–water partition coefficient (Wildman–Crippen LogP) is 5.78. The van der Waals surface area contributed by atoms with Gasteiger partial charge in [-0.25, -0.2) is 0 Å². The van der Waals surface area contributed by atoms with Crippen LogP contribution in [0.5, 0.6) is 0 Å². The molecular formula is C20H32O2. The lowest BCUT2D eigenvalue weighted by Gasteiger charge is -2.43. The summed E-state index contributed by atoms with van der Waals surface area (Å²) in [7, 11) is 0. The van der Waals surface area contributed by atoms with Crippen LogP contribution in [0, 0.1) is 16.2 Å². The summed E-state index contributed by atoms with van der Waals surface area (Å²) >= 11 is 0. The van der Waals surface area contributed by atoms with E-state index in [4.69, 9.17) is 4.74 Å². The number of carbonyl (C=O) groups is 1. The summed E-state index contributed by atoms with van der Waals surface area (Å²) in [6.45, 7) is 16.8. The molecule has 0 spiro atoms. The summed E-state index contributed by atoms with van der Waals surface area (Å²) in [5.74, 6) is -0.105. The van der Waals surface area contributed by atoms with Crippen LogP contribution >= 0.6 is 0 Å². The Labute approximate surface area is 136 Å². The Morgan fingerprint density at radius 3 is 1.91 bits per heavy atom. The largest absolute Gasteiger partial charge is 0.457 e. The molecule has 0 amide bonds. The number of esters is 1. The van der Waals surface area contributed by atoms with E-state index in [1.807, 2.05) is 44.2 Å². The van der Waals surface area contributed by atoms with E-state index in [2.05, 4.69) is 41.5 Å². The number of benzene rings is 1. The van der Waals surface area contributed by atoms with Gasteiger partial charge in [0.1, 0.15) is 6.10 Å². The molecule has 2 heteroatoms. The Morgan fingerprint density at radius 2 is 1.50 bits per heavy atom. The van der Waals surface area contributed by atoms with E-state index in [0.29, 0.717) is 0 Å². The average Bonchev–Trinajstić information content (AvgIpc) is 2.36. The molecule has 2 unspecified atom stereocenters. The first-order chi connectivity index (χ1) is 9.87. The third-order valence-corrected chi connectivity index (χ3v) is 4.54. The summed E-state index contributed by atoms with van der Waals surface area (Å²) in [6.07, 6.45) is 0.569. The van der Waals surface area contributed by atoms with Gasteiger partial charge in [-0.3, -0.25) is 4.79 Å². The summed E-state index contributed by atoms with van der Waals surface area (Å²) in [4.78, 5) is 13.0. The minimum Gasteiger partial charge on any atom is -0.457 e. The standard InChI is InChI=1S/C20H32O2/c1-15(16-12-10-9-11-13-16)22-17(21)20(8,19(5,6)7)14-18(2,3)4/h9-13,15H,14H2,1-8H3. The molecule has 2 atom stereocenters. The van der Waals surface area contributed by atoms with Gasteiger partial charge in [0.2, 0.25) is 0 Å². The van der Waals surface area contributed by atoms with Crippen LogP contribution in [0.3, 0.4) is 0 Å². The maximum Gasteiger partial charge on any atom is 0.312 e. The minimum atomic E-state index is -0.520. The lowest BCUT2D eigenvalue weighted by Crippen LogP contribution is -2.44. The zero-order valence-corrected chi connectivity index (χ0v) is 15.5. The highest BCUT2D eigenvalue weighted by Crippen LogP contribution is 2.48. The van der Waals surface area contributed by atoms with Crippen LogP contribution < -0.4 is 0 Å². The van der Waals surface area contributed by atoms with Crippen molar-refractivity contribution >= 4 is 5.97 Å². The monoisotopic (exact) mass is 304 g/mol. The molecule has 1 aromatic rings. The first-order valence-corrected chi connectivity index (χ1v) is 8.13. The highest BCUT2D eigenvalue weighted by molar-refractivity contribution is 5.77. The molecule has 0 saturated carbocycles. The lowest BCUT2D eigenvalue weighted by atomic mass is 9.61. The van der Waals surface area contributed by atoms with Crippen LogP contribution in [-0.2, 0) is 9.53 Å². The average molecular weight is 304 g/mol. The highest BCUT2D eigenvalue weighted by Gasteiger charge is 2.48. The van der Waals surface area contributed by atoms with Crippen LogP contribution in [0.4, 0.5) is 0 Å². The molecule has 0 aliphatic heterocycles. The molecular weight excluding hydrogens is 272 g/mol. The van der Waals surface area contributed by atoms with Crippen molar-refractivity contribution in [2.75, 3.05) is 0 Å². The van der Waals surface area contributed by atoms with E-state index >= 15 is 0 Å². The molecule has 2 nitrogen and oxygen atoms in total. The van der Waals surface area contributed by atoms with Gasteiger partial charge in [0.15, 0.2) is 0 Å². The Bertz CT molecular complexity index is 491. The maximum absolute atomic E-state index is 13.0. The number of carbonyl (C=O) groups excluding carboxylic acids is 1.